The maximum Gasteiger partial charge on any atom is 0.124 e. The Morgan fingerprint density at radius 1 is 0.893 bits per heavy atom. The van der Waals surface area contributed by atoms with Crippen LogP contribution in [0.4, 0.5) is 0 Å². The van der Waals surface area contributed by atoms with Gasteiger partial charge in [0.1, 0.15) is 12.4 Å². The molecule has 4 rings (SSSR count). The van der Waals surface area contributed by atoms with E-state index in [9.17, 15) is 0 Å². The van der Waals surface area contributed by atoms with E-state index in [2.05, 4.69) is 52.7 Å². The van der Waals surface area contributed by atoms with Crippen LogP contribution in [0.15, 0.2) is 79.0 Å². The van der Waals surface area contributed by atoms with E-state index >= 15 is 0 Å². The molecule has 1 N–H and O–H groups in total. The predicted molar refractivity (Wildman–Crippen MR) is 112 cm³/mol. The lowest BCUT2D eigenvalue weighted by Gasteiger charge is -2.31. The SMILES string of the molecule is c1ccc(COc2ccccc2C(c2ccccn2)N2CCCNCC2)cc1. The van der Waals surface area contributed by atoms with Gasteiger partial charge in [-0.05, 0) is 36.7 Å². The quantitative estimate of drug-likeness (QED) is 0.707. The fourth-order valence-corrected chi connectivity index (χ4v) is 3.78. The molecule has 1 fully saturated rings. The third-order valence-electron chi connectivity index (χ3n) is 5.16. The minimum atomic E-state index is 0.0908. The molecule has 0 amide bonds. The molecule has 1 atom stereocenters. The van der Waals surface area contributed by atoms with Gasteiger partial charge in [-0.2, -0.15) is 0 Å². The molecule has 1 aliphatic rings. The van der Waals surface area contributed by atoms with Crippen molar-refractivity contribution < 1.29 is 4.74 Å². The first-order valence-electron chi connectivity index (χ1n) is 10.0. The topological polar surface area (TPSA) is 37.4 Å². The largest absolute Gasteiger partial charge is 0.489 e. The summed E-state index contributed by atoms with van der Waals surface area (Å²) in [6.45, 7) is 4.66. The highest BCUT2D eigenvalue weighted by atomic mass is 16.5. The minimum Gasteiger partial charge on any atom is -0.489 e. The van der Waals surface area contributed by atoms with Crippen LogP contribution in [0.2, 0.25) is 0 Å². The number of hydrogen-bond donors (Lipinski definition) is 1. The highest BCUT2D eigenvalue weighted by molar-refractivity contribution is 5.40. The summed E-state index contributed by atoms with van der Waals surface area (Å²) in [4.78, 5) is 7.22. The maximum absolute atomic E-state index is 6.28. The van der Waals surface area contributed by atoms with Gasteiger partial charge in [-0.1, -0.05) is 54.6 Å². The van der Waals surface area contributed by atoms with E-state index < -0.39 is 0 Å². The molecule has 2 heterocycles. The number of para-hydroxylation sites is 1. The van der Waals surface area contributed by atoms with Crippen molar-refractivity contribution in [3.63, 3.8) is 0 Å². The van der Waals surface area contributed by atoms with Crippen molar-refractivity contribution in [1.29, 1.82) is 0 Å². The number of hydrogen-bond acceptors (Lipinski definition) is 4. The Hall–Kier alpha value is -2.69. The first kappa shape index (κ1) is 18.7. The second kappa shape index (κ2) is 9.49. The Bertz CT molecular complexity index is 846. The number of aromatic nitrogens is 1. The van der Waals surface area contributed by atoms with Crippen molar-refractivity contribution in [3.05, 3.63) is 95.8 Å². The van der Waals surface area contributed by atoms with E-state index in [1.807, 2.05) is 36.5 Å². The molecule has 2 aromatic carbocycles. The van der Waals surface area contributed by atoms with Crippen LogP contribution in [0.3, 0.4) is 0 Å². The van der Waals surface area contributed by atoms with Gasteiger partial charge >= 0.3 is 0 Å². The first-order chi connectivity index (χ1) is 13.9. The average Bonchev–Trinajstić information content (AvgIpc) is 3.04. The summed E-state index contributed by atoms with van der Waals surface area (Å²) in [6.07, 6.45) is 3.02. The van der Waals surface area contributed by atoms with E-state index in [4.69, 9.17) is 9.72 Å². The fourth-order valence-electron chi connectivity index (χ4n) is 3.78. The Morgan fingerprint density at radius 3 is 2.57 bits per heavy atom. The van der Waals surface area contributed by atoms with Crippen LogP contribution in [0, 0.1) is 0 Å². The van der Waals surface area contributed by atoms with Gasteiger partial charge in [-0.25, -0.2) is 0 Å². The fraction of sp³-hybridized carbons (Fsp3) is 0.292. The van der Waals surface area contributed by atoms with Crippen molar-refractivity contribution in [2.45, 2.75) is 19.1 Å². The lowest BCUT2D eigenvalue weighted by Crippen LogP contribution is -2.33. The summed E-state index contributed by atoms with van der Waals surface area (Å²) in [6, 6.07) is 25.0. The molecular formula is C24H27N3O. The maximum atomic E-state index is 6.28. The van der Waals surface area contributed by atoms with Gasteiger partial charge in [0.15, 0.2) is 0 Å². The molecule has 1 unspecified atom stereocenters. The second-order valence-corrected chi connectivity index (χ2v) is 7.11. The highest BCUT2D eigenvalue weighted by Gasteiger charge is 2.26. The van der Waals surface area contributed by atoms with Crippen molar-refractivity contribution in [2.24, 2.45) is 0 Å². The van der Waals surface area contributed by atoms with Gasteiger partial charge in [0.25, 0.3) is 0 Å². The van der Waals surface area contributed by atoms with Crippen molar-refractivity contribution in [2.75, 3.05) is 26.2 Å². The molecule has 0 bridgehead atoms. The molecule has 1 aliphatic heterocycles. The molecule has 0 saturated carbocycles. The molecule has 4 nitrogen and oxygen atoms in total. The lowest BCUT2D eigenvalue weighted by molar-refractivity contribution is 0.227. The third kappa shape index (κ3) is 4.58. The number of pyridine rings is 1. The van der Waals surface area contributed by atoms with Crippen LogP contribution in [0.25, 0.3) is 0 Å². The smallest absolute Gasteiger partial charge is 0.124 e. The summed E-state index contributed by atoms with van der Waals surface area (Å²) in [5.41, 5.74) is 3.42. The van der Waals surface area contributed by atoms with Gasteiger partial charge in [-0.15, -0.1) is 0 Å². The number of ether oxygens (including phenoxy) is 1. The van der Waals surface area contributed by atoms with Gasteiger partial charge < -0.3 is 10.1 Å². The summed E-state index contributed by atoms with van der Waals surface area (Å²) >= 11 is 0. The molecule has 3 aromatic rings. The second-order valence-electron chi connectivity index (χ2n) is 7.11. The van der Waals surface area contributed by atoms with Crippen LogP contribution in [-0.2, 0) is 6.61 Å². The van der Waals surface area contributed by atoms with Gasteiger partial charge in [0.2, 0.25) is 0 Å². The Balaban J connectivity index is 1.66. The molecule has 144 valence electrons. The molecule has 28 heavy (non-hydrogen) atoms. The van der Waals surface area contributed by atoms with Crippen molar-refractivity contribution >= 4 is 0 Å². The van der Waals surface area contributed by atoms with Gasteiger partial charge in [-0.3, -0.25) is 9.88 Å². The normalized spacial score (nSPS) is 16.3. The number of rotatable bonds is 6. The predicted octanol–water partition coefficient (Wildman–Crippen LogP) is 4.05. The summed E-state index contributed by atoms with van der Waals surface area (Å²) in [5.74, 6) is 0.930. The molecule has 0 radical (unpaired) electrons. The number of nitrogens with zero attached hydrogens (tertiary/aromatic N) is 2. The van der Waals surface area contributed by atoms with E-state index in [1.54, 1.807) is 0 Å². The number of benzene rings is 2. The van der Waals surface area contributed by atoms with Crippen LogP contribution in [0.5, 0.6) is 5.75 Å². The van der Waals surface area contributed by atoms with Crippen LogP contribution in [-0.4, -0.2) is 36.1 Å². The Morgan fingerprint density at radius 2 is 1.71 bits per heavy atom. The van der Waals surface area contributed by atoms with E-state index in [0.717, 1.165) is 44.0 Å². The first-order valence-corrected chi connectivity index (χ1v) is 10.0. The van der Waals surface area contributed by atoms with E-state index in [0.29, 0.717) is 6.61 Å². The zero-order valence-corrected chi connectivity index (χ0v) is 16.1. The standard InChI is InChI=1S/C24H27N3O/c1-2-9-20(10-3-1)19-28-23-13-5-4-11-21(23)24(22-12-6-7-15-26-22)27-17-8-14-25-16-18-27/h1-7,9-13,15,24-25H,8,14,16-19H2. The number of nitrogens with one attached hydrogen (secondary N) is 1. The van der Waals surface area contributed by atoms with Gasteiger partial charge in [0.05, 0.1) is 11.7 Å². The Kier molecular flexibility index (Phi) is 6.32. The summed E-state index contributed by atoms with van der Waals surface area (Å²) in [7, 11) is 0. The van der Waals surface area contributed by atoms with Crippen molar-refractivity contribution in [3.8, 4) is 5.75 Å². The highest BCUT2D eigenvalue weighted by Crippen LogP contribution is 2.34. The van der Waals surface area contributed by atoms with E-state index in [1.165, 1.54) is 11.1 Å². The molecule has 0 aliphatic carbocycles. The third-order valence-corrected chi connectivity index (χ3v) is 5.16. The van der Waals surface area contributed by atoms with Crippen LogP contribution >= 0.6 is 0 Å². The lowest BCUT2D eigenvalue weighted by atomic mass is 9.99. The molecule has 1 saturated heterocycles. The van der Waals surface area contributed by atoms with E-state index in [-0.39, 0.29) is 6.04 Å². The molecule has 1 aromatic heterocycles. The minimum absolute atomic E-state index is 0.0908. The molecular weight excluding hydrogens is 346 g/mol. The average molecular weight is 374 g/mol. The molecule has 4 heteroatoms. The summed E-state index contributed by atoms with van der Waals surface area (Å²) < 4.78 is 6.28. The Labute approximate surface area is 167 Å². The molecule has 0 spiro atoms. The van der Waals surface area contributed by atoms with Crippen molar-refractivity contribution in [1.82, 2.24) is 15.2 Å². The van der Waals surface area contributed by atoms with Crippen LogP contribution in [0.1, 0.15) is 29.3 Å². The van der Waals surface area contributed by atoms with Crippen LogP contribution < -0.4 is 10.1 Å². The monoisotopic (exact) mass is 373 g/mol. The van der Waals surface area contributed by atoms with Gasteiger partial charge in [0, 0.05) is 31.4 Å². The zero-order valence-electron chi connectivity index (χ0n) is 16.1. The summed E-state index contributed by atoms with van der Waals surface area (Å²) in [5, 5.41) is 3.50. The zero-order chi connectivity index (χ0) is 19.0.